The molecule has 0 saturated carbocycles. The fourth-order valence-electron chi connectivity index (χ4n) is 1.60. The molecule has 0 aliphatic carbocycles. The third-order valence-electron chi connectivity index (χ3n) is 2.58. The summed E-state index contributed by atoms with van der Waals surface area (Å²) < 4.78 is 0. The third-order valence-corrected chi connectivity index (χ3v) is 3.59. The fraction of sp³-hybridized carbons (Fsp3) is 0.200. The highest BCUT2D eigenvalue weighted by Gasteiger charge is 2.00. The molecule has 20 heavy (non-hydrogen) atoms. The van der Waals surface area contributed by atoms with Gasteiger partial charge in [0.25, 0.3) is 0 Å². The summed E-state index contributed by atoms with van der Waals surface area (Å²) in [5.41, 5.74) is 0.987. The summed E-state index contributed by atoms with van der Waals surface area (Å²) in [6, 6.07) is 13.8. The van der Waals surface area contributed by atoms with Crippen LogP contribution in [0.5, 0.6) is 0 Å². The molecule has 0 fully saturated rings. The van der Waals surface area contributed by atoms with E-state index in [9.17, 15) is 4.79 Å². The normalized spacial score (nSPS) is 10.0. The summed E-state index contributed by atoms with van der Waals surface area (Å²) in [4.78, 5) is 16.8. The molecule has 0 aliphatic heterocycles. The van der Waals surface area contributed by atoms with Gasteiger partial charge in [-0.2, -0.15) is 0 Å². The number of amides is 2. The highest BCUT2D eigenvalue weighted by Crippen LogP contribution is 2.15. The lowest BCUT2D eigenvalue weighted by Crippen LogP contribution is -2.36. The van der Waals surface area contributed by atoms with Crippen molar-refractivity contribution in [2.45, 2.75) is 11.4 Å². The minimum Gasteiger partial charge on any atom is -0.337 e. The van der Waals surface area contributed by atoms with Crippen LogP contribution in [0.4, 0.5) is 4.79 Å². The van der Waals surface area contributed by atoms with Gasteiger partial charge in [-0.05, 0) is 23.8 Å². The van der Waals surface area contributed by atoms with Crippen molar-refractivity contribution in [1.29, 1.82) is 0 Å². The average molecular weight is 287 g/mol. The second-order valence-corrected chi connectivity index (χ2v) is 5.30. The Kier molecular flexibility index (Phi) is 5.92. The van der Waals surface area contributed by atoms with Crippen LogP contribution in [0.3, 0.4) is 0 Å². The van der Waals surface area contributed by atoms with Crippen molar-refractivity contribution in [3.05, 3.63) is 60.4 Å². The first kappa shape index (κ1) is 14.4. The first-order valence-electron chi connectivity index (χ1n) is 6.43. The van der Waals surface area contributed by atoms with E-state index in [-0.39, 0.29) is 6.03 Å². The minimum absolute atomic E-state index is 0.150. The van der Waals surface area contributed by atoms with Crippen molar-refractivity contribution >= 4 is 17.8 Å². The second-order valence-electron chi connectivity index (χ2n) is 4.13. The standard InChI is InChI=1S/C15H17N3OS/c19-15(18-12-13-5-4-8-16-11-13)17-9-10-20-14-6-2-1-3-7-14/h1-8,11H,9-10,12H2,(H2,17,18,19). The molecule has 2 aromatic rings. The van der Waals surface area contributed by atoms with E-state index in [0.29, 0.717) is 13.1 Å². The van der Waals surface area contributed by atoms with E-state index in [1.165, 1.54) is 4.90 Å². The Morgan fingerprint density at radius 3 is 2.70 bits per heavy atom. The van der Waals surface area contributed by atoms with Gasteiger partial charge < -0.3 is 10.6 Å². The van der Waals surface area contributed by atoms with Crippen LogP contribution < -0.4 is 10.6 Å². The summed E-state index contributed by atoms with van der Waals surface area (Å²) in [5, 5.41) is 5.63. The number of rotatable bonds is 6. The molecule has 0 radical (unpaired) electrons. The number of thioether (sulfide) groups is 1. The SMILES string of the molecule is O=C(NCCSc1ccccc1)NCc1cccnc1. The van der Waals surface area contributed by atoms with Gasteiger partial charge >= 0.3 is 6.03 Å². The van der Waals surface area contributed by atoms with E-state index in [4.69, 9.17) is 0 Å². The summed E-state index contributed by atoms with van der Waals surface area (Å²) in [6.07, 6.45) is 3.45. The van der Waals surface area contributed by atoms with Gasteiger partial charge in [0.2, 0.25) is 0 Å². The molecule has 1 heterocycles. The highest BCUT2D eigenvalue weighted by molar-refractivity contribution is 7.99. The maximum absolute atomic E-state index is 11.6. The monoisotopic (exact) mass is 287 g/mol. The van der Waals surface area contributed by atoms with Gasteiger partial charge in [0.1, 0.15) is 0 Å². The van der Waals surface area contributed by atoms with Crippen LogP contribution in [0.2, 0.25) is 0 Å². The maximum Gasteiger partial charge on any atom is 0.315 e. The zero-order chi connectivity index (χ0) is 14.0. The Labute approximate surface area is 123 Å². The summed E-state index contributed by atoms with van der Waals surface area (Å²) in [6.45, 7) is 1.13. The van der Waals surface area contributed by atoms with Gasteiger partial charge in [0, 0.05) is 36.1 Å². The molecular formula is C15H17N3OS. The minimum atomic E-state index is -0.150. The smallest absolute Gasteiger partial charge is 0.315 e. The first-order valence-corrected chi connectivity index (χ1v) is 7.41. The van der Waals surface area contributed by atoms with Crippen LogP contribution in [0.1, 0.15) is 5.56 Å². The number of benzene rings is 1. The van der Waals surface area contributed by atoms with Crippen molar-refractivity contribution in [2.24, 2.45) is 0 Å². The Bertz CT molecular complexity index is 519. The fourth-order valence-corrected chi connectivity index (χ4v) is 2.39. The zero-order valence-electron chi connectivity index (χ0n) is 11.1. The van der Waals surface area contributed by atoms with Gasteiger partial charge in [0.05, 0.1) is 0 Å². The second kappa shape index (κ2) is 8.22. The number of carbonyl (C=O) groups excluding carboxylic acids is 1. The molecule has 5 heteroatoms. The van der Waals surface area contributed by atoms with Crippen molar-refractivity contribution in [2.75, 3.05) is 12.3 Å². The molecule has 2 N–H and O–H groups in total. The molecule has 1 aromatic heterocycles. The topological polar surface area (TPSA) is 54.0 Å². The lowest BCUT2D eigenvalue weighted by Gasteiger charge is -2.07. The van der Waals surface area contributed by atoms with Gasteiger partial charge in [-0.1, -0.05) is 24.3 Å². The average Bonchev–Trinajstić information content (AvgIpc) is 2.52. The van der Waals surface area contributed by atoms with Gasteiger partial charge in [-0.15, -0.1) is 11.8 Å². The third kappa shape index (κ3) is 5.32. The van der Waals surface area contributed by atoms with Crippen LogP contribution in [0.15, 0.2) is 59.8 Å². The van der Waals surface area contributed by atoms with Crippen molar-refractivity contribution < 1.29 is 4.79 Å². The largest absolute Gasteiger partial charge is 0.337 e. The van der Waals surface area contributed by atoms with Crippen molar-refractivity contribution in [3.63, 3.8) is 0 Å². The van der Waals surface area contributed by atoms with E-state index in [1.807, 2.05) is 30.3 Å². The Morgan fingerprint density at radius 1 is 1.10 bits per heavy atom. The Morgan fingerprint density at radius 2 is 1.95 bits per heavy atom. The predicted octanol–water partition coefficient (Wildman–Crippen LogP) is 2.67. The number of nitrogens with zero attached hydrogens (tertiary/aromatic N) is 1. The zero-order valence-corrected chi connectivity index (χ0v) is 11.9. The Hall–Kier alpha value is -2.01. The number of pyridine rings is 1. The molecule has 104 valence electrons. The van der Waals surface area contributed by atoms with Crippen molar-refractivity contribution in [1.82, 2.24) is 15.6 Å². The summed E-state index contributed by atoms with van der Waals surface area (Å²) in [7, 11) is 0. The molecule has 0 aliphatic rings. The maximum atomic E-state index is 11.6. The lowest BCUT2D eigenvalue weighted by molar-refractivity contribution is 0.241. The van der Waals surface area contributed by atoms with E-state index in [0.717, 1.165) is 11.3 Å². The van der Waals surface area contributed by atoms with Crippen LogP contribution in [0.25, 0.3) is 0 Å². The molecule has 0 spiro atoms. The number of hydrogen-bond donors (Lipinski definition) is 2. The van der Waals surface area contributed by atoms with Gasteiger partial charge in [-0.3, -0.25) is 4.98 Å². The molecule has 4 nitrogen and oxygen atoms in total. The molecule has 0 unspecified atom stereocenters. The Balaban J connectivity index is 1.59. The molecular weight excluding hydrogens is 270 g/mol. The van der Waals surface area contributed by atoms with E-state index in [2.05, 4.69) is 27.8 Å². The number of nitrogens with one attached hydrogen (secondary N) is 2. The van der Waals surface area contributed by atoms with Crippen LogP contribution in [0, 0.1) is 0 Å². The molecule has 2 amide bonds. The highest BCUT2D eigenvalue weighted by atomic mass is 32.2. The molecule has 0 bridgehead atoms. The van der Waals surface area contributed by atoms with Crippen LogP contribution in [-0.2, 0) is 6.54 Å². The molecule has 1 aromatic carbocycles. The van der Waals surface area contributed by atoms with Crippen LogP contribution in [-0.4, -0.2) is 23.3 Å². The summed E-state index contributed by atoms with van der Waals surface area (Å²) >= 11 is 1.72. The van der Waals surface area contributed by atoms with Gasteiger partial charge in [-0.25, -0.2) is 4.79 Å². The van der Waals surface area contributed by atoms with Gasteiger partial charge in [0.15, 0.2) is 0 Å². The predicted molar refractivity (Wildman–Crippen MR) is 81.6 cm³/mol. The van der Waals surface area contributed by atoms with E-state index >= 15 is 0 Å². The van der Waals surface area contributed by atoms with Crippen molar-refractivity contribution in [3.8, 4) is 0 Å². The summed E-state index contributed by atoms with van der Waals surface area (Å²) in [5.74, 6) is 0.852. The van der Waals surface area contributed by atoms with E-state index in [1.54, 1.807) is 24.2 Å². The lowest BCUT2D eigenvalue weighted by atomic mass is 10.3. The number of urea groups is 1. The molecule has 0 atom stereocenters. The molecule has 0 saturated heterocycles. The number of hydrogen-bond acceptors (Lipinski definition) is 3. The first-order chi connectivity index (χ1) is 9.84. The number of aromatic nitrogens is 1. The van der Waals surface area contributed by atoms with E-state index < -0.39 is 0 Å². The number of carbonyl (C=O) groups is 1. The molecule has 2 rings (SSSR count). The van der Waals surface area contributed by atoms with Crippen LogP contribution >= 0.6 is 11.8 Å². The quantitative estimate of drug-likeness (QED) is 0.634.